The molecule has 1 fully saturated rings. The Balaban J connectivity index is 2.12. The summed E-state index contributed by atoms with van der Waals surface area (Å²) in [5, 5.41) is 54.7. The van der Waals surface area contributed by atoms with Gasteiger partial charge in [0, 0.05) is 6.42 Å². The molecule has 9 nitrogen and oxygen atoms in total. The molecule has 0 bridgehead atoms. The zero-order valence-corrected chi connectivity index (χ0v) is 51.7. The van der Waals surface area contributed by atoms with Crippen molar-refractivity contribution < 1.29 is 39.8 Å². The molecule has 0 spiro atoms. The van der Waals surface area contributed by atoms with Crippen molar-refractivity contribution in [2.45, 2.75) is 397 Å². The number of unbranched alkanes of at least 4 members (excludes halogenated alkanes) is 49. The summed E-state index contributed by atoms with van der Waals surface area (Å²) in [5.74, 6) is -0.178. The summed E-state index contributed by atoms with van der Waals surface area (Å²) in [6.07, 6.45) is 70.1. The van der Waals surface area contributed by atoms with E-state index in [1.807, 2.05) is 6.08 Å². The van der Waals surface area contributed by atoms with Crippen LogP contribution in [0.25, 0.3) is 0 Å². The highest BCUT2D eigenvalue weighted by Crippen LogP contribution is 2.23. The molecule has 7 atom stereocenters. The van der Waals surface area contributed by atoms with Crippen molar-refractivity contribution in [1.82, 2.24) is 5.32 Å². The zero-order chi connectivity index (χ0) is 56.5. The lowest BCUT2D eigenvalue weighted by molar-refractivity contribution is -0.302. The first-order valence-electron chi connectivity index (χ1n) is 34.6. The number of rotatable bonds is 61. The number of aliphatic hydroxyl groups is 5. The minimum absolute atomic E-state index is 0.178. The van der Waals surface area contributed by atoms with Gasteiger partial charge >= 0.3 is 0 Å². The van der Waals surface area contributed by atoms with Gasteiger partial charge in [-0.3, -0.25) is 4.79 Å². The van der Waals surface area contributed by atoms with Crippen molar-refractivity contribution in [3.63, 3.8) is 0 Å². The molecule has 0 aliphatic carbocycles. The Hall–Kier alpha value is -1.33. The largest absolute Gasteiger partial charge is 0.394 e. The normalized spacial score (nSPS) is 18.7. The Bertz CT molecular complexity index is 1280. The SMILES string of the molecule is CCCCCCCCCCCCCCCCCCC/C=C/CC/C=C/C(O)C(COC1OC(CO)C(O)C(O)C1O)NC(=O)CCCCCCCCCCCCCCCCCCCCCCCCCCCCCCCCCC. The summed E-state index contributed by atoms with van der Waals surface area (Å²) in [5.41, 5.74) is 0. The van der Waals surface area contributed by atoms with E-state index < -0.39 is 49.5 Å². The Kier molecular flexibility index (Phi) is 56.3. The second-order valence-electron chi connectivity index (χ2n) is 24.3. The van der Waals surface area contributed by atoms with Gasteiger partial charge in [0.15, 0.2) is 6.29 Å². The standard InChI is InChI=1S/C69H133NO8/c1-3-5-7-9-11-13-15-17-19-21-23-25-27-28-29-30-31-32-33-34-35-37-39-41-43-45-47-49-51-53-55-57-59-65(73)70-62(61-77-69-68(76)67(75)66(74)64(60-71)78-69)63(72)58-56-54-52-50-48-46-44-42-40-38-36-26-24-22-20-18-16-14-12-10-8-6-4-2/h48,50,56,58,62-64,66-69,71-72,74-76H,3-47,49,51-55,57,59-61H2,1-2H3,(H,70,73)/b50-48+,58-56+. The van der Waals surface area contributed by atoms with Crippen LogP contribution in [-0.2, 0) is 14.3 Å². The quantitative estimate of drug-likeness (QED) is 0.0261. The molecule has 0 aromatic carbocycles. The summed E-state index contributed by atoms with van der Waals surface area (Å²) in [4.78, 5) is 13.1. The number of amides is 1. The van der Waals surface area contributed by atoms with Gasteiger partial charge in [-0.15, -0.1) is 0 Å². The molecular weight excluding hydrogens is 971 g/mol. The van der Waals surface area contributed by atoms with E-state index in [1.165, 1.54) is 295 Å². The summed E-state index contributed by atoms with van der Waals surface area (Å²) in [6.45, 7) is 3.82. The number of hydrogen-bond donors (Lipinski definition) is 6. The molecule has 6 N–H and O–H groups in total. The number of carbonyl (C=O) groups is 1. The molecule has 1 aliphatic heterocycles. The molecule has 1 saturated heterocycles. The van der Waals surface area contributed by atoms with Gasteiger partial charge in [0.2, 0.25) is 5.91 Å². The van der Waals surface area contributed by atoms with Crippen LogP contribution >= 0.6 is 0 Å². The van der Waals surface area contributed by atoms with E-state index >= 15 is 0 Å². The van der Waals surface area contributed by atoms with E-state index in [1.54, 1.807) is 6.08 Å². The lowest BCUT2D eigenvalue weighted by atomic mass is 9.99. The van der Waals surface area contributed by atoms with Gasteiger partial charge in [-0.1, -0.05) is 340 Å². The molecular formula is C69H133NO8. The average molecular weight is 1100 g/mol. The number of hydrogen-bond acceptors (Lipinski definition) is 8. The predicted octanol–water partition coefficient (Wildman–Crippen LogP) is 18.5. The molecule has 0 aromatic rings. The topological polar surface area (TPSA) is 149 Å². The molecule has 0 saturated carbocycles. The van der Waals surface area contributed by atoms with Crippen molar-refractivity contribution in [2.75, 3.05) is 13.2 Å². The number of allylic oxidation sites excluding steroid dienone is 3. The molecule has 462 valence electrons. The first-order valence-corrected chi connectivity index (χ1v) is 34.6. The first-order chi connectivity index (χ1) is 38.3. The van der Waals surface area contributed by atoms with Crippen LogP contribution in [-0.4, -0.2) is 87.5 Å². The zero-order valence-electron chi connectivity index (χ0n) is 51.7. The molecule has 0 aromatic heterocycles. The Morgan fingerprint density at radius 1 is 0.423 bits per heavy atom. The van der Waals surface area contributed by atoms with Gasteiger partial charge in [-0.05, 0) is 32.1 Å². The Morgan fingerprint density at radius 3 is 1.08 bits per heavy atom. The maximum absolute atomic E-state index is 13.1. The fraction of sp³-hybridized carbons (Fsp3) is 0.928. The maximum Gasteiger partial charge on any atom is 0.220 e. The highest BCUT2D eigenvalue weighted by atomic mass is 16.7. The smallest absolute Gasteiger partial charge is 0.220 e. The number of nitrogens with one attached hydrogen (secondary N) is 1. The molecule has 7 unspecified atom stereocenters. The van der Waals surface area contributed by atoms with E-state index in [0.717, 1.165) is 38.5 Å². The fourth-order valence-electron chi connectivity index (χ4n) is 11.4. The highest BCUT2D eigenvalue weighted by Gasteiger charge is 2.44. The van der Waals surface area contributed by atoms with Crippen LogP contribution < -0.4 is 5.32 Å². The van der Waals surface area contributed by atoms with Crippen molar-refractivity contribution in [3.05, 3.63) is 24.3 Å². The van der Waals surface area contributed by atoms with Crippen molar-refractivity contribution in [1.29, 1.82) is 0 Å². The molecule has 1 amide bonds. The van der Waals surface area contributed by atoms with Gasteiger partial charge in [0.1, 0.15) is 24.4 Å². The van der Waals surface area contributed by atoms with Crippen LogP contribution in [0.5, 0.6) is 0 Å². The van der Waals surface area contributed by atoms with Crippen molar-refractivity contribution >= 4 is 5.91 Å². The monoisotopic (exact) mass is 1100 g/mol. The minimum atomic E-state index is -1.57. The summed E-state index contributed by atoms with van der Waals surface area (Å²) in [7, 11) is 0. The van der Waals surface area contributed by atoms with Crippen molar-refractivity contribution in [2.24, 2.45) is 0 Å². The van der Waals surface area contributed by atoms with Gasteiger partial charge < -0.3 is 40.3 Å². The maximum atomic E-state index is 13.1. The van der Waals surface area contributed by atoms with Gasteiger partial charge in [-0.25, -0.2) is 0 Å². The average Bonchev–Trinajstić information content (AvgIpc) is 3.45. The number of aliphatic hydroxyl groups excluding tert-OH is 5. The second kappa shape index (κ2) is 58.9. The molecule has 9 heteroatoms. The highest BCUT2D eigenvalue weighted by molar-refractivity contribution is 5.76. The van der Waals surface area contributed by atoms with E-state index in [0.29, 0.717) is 6.42 Å². The van der Waals surface area contributed by atoms with Crippen LogP contribution in [0.1, 0.15) is 354 Å². The third-order valence-corrected chi connectivity index (χ3v) is 16.8. The summed E-state index contributed by atoms with van der Waals surface area (Å²) >= 11 is 0. The molecule has 78 heavy (non-hydrogen) atoms. The number of ether oxygens (including phenoxy) is 2. The van der Waals surface area contributed by atoms with Crippen LogP contribution in [0, 0.1) is 0 Å². The summed E-state index contributed by atoms with van der Waals surface area (Å²) in [6, 6.07) is -0.820. The first kappa shape index (κ1) is 74.7. The second-order valence-corrected chi connectivity index (χ2v) is 24.3. The lowest BCUT2D eigenvalue weighted by Gasteiger charge is -2.40. The lowest BCUT2D eigenvalue weighted by Crippen LogP contribution is -2.60. The van der Waals surface area contributed by atoms with Crippen LogP contribution in [0.15, 0.2) is 24.3 Å². The summed E-state index contributed by atoms with van der Waals surface area (Å²) < 4.78 is 11.3. The predicted molar refractivity (Wildman–Crippen MR) is 332 cm³/mol. The molecule has 1 heterocycles. The van der Waals surface area contributed by atoms with Crippen LogP contribution in [0.3, 0.4) is 0 Å². The van der Waals surface area contributed by atoms with E-state index in [2.05, 4.69) is 31.3 Å². The van der Waals surface area contributed by atoms with Crippen molar-refractivity contribution in [3.8, 4) is 0 Å². The van der Waals surface area contributed by atoms with Gasteiger partial charge in [-0.2, -0.15) is 0 Å². The Morgan fingerprint density at radius 2 is 0.731 bits per heavy atom. The molecule has 0 radical (unpaired) electrons. The molecule has 1 rings (SSSR count). The van der Waals surface area contributed by atoms with Gasteiger partial charge in [0.25, 0.3) is 0 Å². The van der Waals surface area contributed by atoms with Crippen LogP contribution in [0.2, 0.25) is 0 Å². The van der Waals surface area contributed by atoms with Crippen LogP contribution in [0.4, 0.5) is 0 Å². The van der Waals surface area contributed by atoms with Gasteiger partial charge in [0.05, 0.1) is 25.4 Å². The Labute approximate surface area is 483 Å². The molecule has 1 aliphatic rings. The third kappa shape index (κ3) is 47.2. The third-order valence-electron chi connectivity index (χ3n) is 16.8. The van der Waals surface area contributed by atoms with E-state index in [-0.39, 0.29) is 12.5 Å². The number of carbonyl (C=O) groups excluding carboxylic acids is 1. The minimum Gasteiger partial charge on any atom is -0.394 e. The fourth-order valence-corrected chi connectivity index (χ4v) is 11.4. The van der Waals surface area contributed by atoms with E-state index in [9.17, 15) is 30.3 Å². The van der Waals surface area contributed by atoms with E-state index in [4.69, 9.17) is 9.47 Å².